The van der Waals surface area contributed by atoms with Crippen molar-refractivity contribution < 1.29 is 9.53 Å². The Morgan fingerprint density at radius 2 is 1.97 bits per heavy atom. The lowest BCUT2D eigenvalue weighted by Gasteiger charge is -2.33. The van der Waals surface area contributed by atoms with Crippen molar-refractivity contribution in [3.63, 3.8) is 0 Å². The van der Waals surface area contributed by atoms with E-state index in [-0.39, 0.29) is 24.3 Å². The minimum absolute atomic E-state index is 0.0367. The molecule has 0 spiro atoms. The van der Waals surface area contributed by atoms with Gasteiger partial charge in [0.25, 0.3) is 5.56 Å². The van der Waals surface area contributed by atoms with Crippen molar-refractivity contribution in [2.45, 2.75) is 65.6 Å². The number of aromatic amines is 1. The molecule has 1 aliphatic heterocycles. The maximum Gasteiger partial charge on any atom is 0.330 e. The molecule has 9 heteroatoms. The number of carbonyl (C=O) groups excluding carboxylic acids is 1. The van der Waals surface area contributed by atoms with Crippen LogP contribution in [0.2, 0.25) is 0 Å². The lowest BCUT2D eigenvalue weighted by molar-refractivity contribution is -0.139. The minimum Gasteiger partial charge on any atom is -0.370 e. The third-order valence-electron chi connectivity index (χ3n) is 6.40. The average molecular weight is 482 g/mol. The summed E-state index contributed by atoms with van der Waals surface area (Å²) in [4.78, 5) is 47.5. The second kappa shape index (κ2) is 11.0. The van der Waals surface area contributed by atoms with Crippen LogP contribution < -0.4 is 11.2 Å². The van der Waals surface area contributed by atoms with Gasteiger partial charge in [0.15, 0.2) is 11.2 Å². The highest BCUT2D eigenvalue weighted by atomic mass is 16.5. The Labute approximate surface area is 204 Å². The molecule has 2 aromatic heterocycles. The molecular formula is C26H35N5O4. The van der Waals surface area contributed by atoms with E-state index in [1.165, 1.54) is 0 Å². The van der Waals surface area contributed by atoms with E-state index in [2.05, 4.69) is 25.8 Å². The van der Waals surface area contributed by atoms with Gasteiger partial charge in [0.1, 0.15) is 11.9 Å². The van der Waals surface area contributed by atoms with Crippen molar-refractivity contribution in [2.75, 3.05) is 19.7 Å². The van der Waals surface area contributed by atoms with Crippen LogP contribution in [0.15, 0.2) is 39.9 Å². The molecule has 1 atom stereocenters. The van der Waals surface area contributed by atoms with E-state index in [1.807, 2.05) is 39.8 Å². The van der Waals surface area contributed by atoms with Crippen molar-refractivity contribution >= 4 is 17.1 Å². The highest BCUT2D eigenvalue weighted by Crippen LogP contribution is 2.23. The lowest BCUT2D eigenvalue weighted by atomic mass is 10.1. The standard InChI is InChI=1S/C26H35N5O4/c1-4-5-13-30-24-23(25(33)28-26(30)34)31(16-18(2)3)21(27-24)11-12-22(32)29-14-15-35-20(17-29)19-9-7-6-8-10-19/h6-10,18,20H,4-5,11-17H2,1-3H3,(H,28,33,34). The van der Waals surface area contributed by atoms with E-state index in [0.29, 0.717) is 56.2 Å². The van der Waals surface area contributed by atoms with Crippen LogP contribution in [0.25, 0.3) is 11.2 Å². The summed E-state index contributed by atoms with van der Waals surface area (Å²) >= 11 is 0. The summed E-state index contributed by atoms with van der Waals surface area (Å²) in [5.41, 5.74) is 1.02. The van der Waals surface area contributed by atoms with E-state index in [1.54, 1.807) is 4.57 Å². The zero-order valence-corrected chi connectivity index (χ0v) is 20.8. The summed E-state index contributed by atoms with van der Waals surface area (Å²) in [5.74, 6) is 0.967. The molecular weight excluding hydrogens is 446 g/mol. The third kappa shape index (κ3) is 5.56. The normalized spacial score (nSPS) is 16.3. The number of aryl methyl sites for hydroxylation is 2. The van der Waals surface area contributed by atoms with Crippen molar-refractivity contribution in [2.24, 2.45) is 5.92 Å². The molecule has 3 heterocycles. The van der Waals surface area contributed by atoms with Crippen LogP contribution in [-0.2, 0) is 29.0 Å². The van der Waals surface area contributed by atoms with Gasteiger partial charge in [0.2, 0.25) is 5.91 Å². The zero-order valence-electron chi connectivity index (χ0n) is 20.8. The number of ether oxygens (including phenoxy) is 1. The van der Waals surface area contributed by atoms with Crippen LogP contribution in [-0.4, -0.2) is 49.6 Å². The number of aromatic nitrogens is 4. The number of benzene rings is 1. The quantitative estimate of drug-likeness (QED) is 0.506. The molecule has 0 radical (unpaired) electrons. The number of unbranched alkanes of at least 4 members (excludes halogenated alkanes) is 1. The number of hydrogen-bond donors (Lipinski definition) is 1. The molecule has 9 nitrogen and oxygen atoms in total. The SMILES string of the molecule is CCCCn1c(=O)[nH]c(=O)c2c1nc(CCC(=O)N1CCOC(c3ccccc3)C1)n2CC(C)C. The van der Waals surface area contributed by atoms with Gasteiger partial charge in [-0.15, -0.1) is 0 Å². The van der Waals surface area contributed by atoms with Gasteiger partial charge in [-0.25, -0.2) is 9.78 Å². The number of morpholine rings is 1. The molecule has 1 amide bonds. The Morgan fingerprint density at radius 3 is 2.69 bits per heavy atom. The molecule has 1 unspecified atom stereocenters. The molecule has 1 fully saturated rings. The Hall–Kier alpha value is -3.20. The van der Waals surface area contributed by atoms with Crippen LogP contribution in [0.5, 0.6) is 0 Å². The summed E-state index contributed by atoms with van der Waals surface area (Å²) in [6, 6.07) is 9.94. The monoisotopic (exact) mass is 481 g/mol. The van der Waals surface area contributed by atoms with Crippen LogP contribution in [0.4, 0.5) is 0 Å². The average Bonchev–Trinajstić information content (AvgIpc) is 3.20. The summed E-state index contributed by atoms with van der Waals surface area (Å²) in [6.45, 7) is 8.84. The van der Waals surface area contributed by atoms with Gasteiger partial charge in [-0.1, -0.05) is 57.5 Å². The molecule has 1 aliphatic rings. The predicted octanol–water partition coefficient (Wildman–Crippen LogP) is 2.88. The first kappa shape index (κ1) is 24.9. The number of nitrogens with zero attached hydrogens (tertiary/aromatic N) is 4. The smallest absolute Gasteiger partial charge is 0.330 e. The van der Waals surface area contributed by atoms with Gasteiger partial charge in [-0.2, -0.15) is 0 Å². The molecule has 4 rings (SSSR count). The van der Waals surface area contributed by atoms with Crippen molar-refractivity contribution in [3.05, 3.63) is 62.6 Å². The number of carbonyl (C=O) groups is 1. The van der Waals surface area contributed by atoms with Crippen molar-refractivity contribution in [3.8, 4) is 0 Å². The summed E-state index contributed by atoms with van der Waals surface area (Å²) in [6.07, 6.45) is 2.27. The second-order valence-corrected chi connectivity index (χ2v) is 9.58. The van der Waals surface area contributed by atoms with E-state index < -0.39 is 11.2 Å². The Bertz CT molecular complexity index is 1270. The number of rotatable bonds is 9. The van der Waals surface area contributed by atoms with E-state index >= 15 is 0 Å². The summed E-state index contributed by atoms with van der Waals surface area (Å²) in [7, 11) is 0. The van der Waals surface area contributed by atoms with Gasteiger partial charge >= 0.3 is 5.69 Å². The number of imidazole rings is 1. The van der Waals surface area contributed by atoms with E-state index in [4.69, 9.17) is 9.72 Å². The van der Waals surface area contributed by atoms with Gasteiger partial charge in [-0.3, -0.25) is 19.1 Å². The number of fused-ring (bicyclic) bond motifs is 1. The van der Waals surface area contributed by atoms with Crippen LogP contribution in [0.1, 0.15) is 57.5 Å². The van der Waals surface area contributed by atoms with Crippen LogP contribution in [0.3, 0.4) is 0 Å². The first-order chi connectivity index (χ1) is 16.9. The molecule has 1 N–H and O–H groups in total. The molecule has 0 bridgehead atoms. The van der Waals surface area contributed by atoms with E-state index in [0.717, 1.165) is 18.4 Å². The number of amides is 1. The fourth-order valence-corrected chi connectivity index (χ4v) is 4.62. The van der Waals surface area contributed by atoms with Gasteiger partial charge in [-0.05, 0) is 17.9 Å². The Balaban J connectivity index is 1.57. The molecule has 1 aromatic carbocycles. The fraction of sp³-hybridized carbons (Fsp3) is 0.538. The molecule has 35 heavy (non-hydrogen) atoms. The third-order valence-corrected chi connectivity index (χ3v) is 6.40. The molecule has 0 saturated carbocycles. The highest BCUT2D eigenvalue weighted by molar-refractivity contribution is 5.77. The zero-order chi connectivity index (χ0) is 24.9. The van der Waals surface area contributed by atoms with E-state index in [9.17, 15) is 14.4 Å². The van der Waals surface area contributed by atoms with Crippen LogP contribution in [0, 0.1) is 5.92 Å². The second-order valence-electron chi connectivity index (χ2n) is 9.58. The number of hydrogen-bond acceptors (Lipinski definition) is 5. The molecule has 0 aliphatic carbocycles. The number of nitrogens with one attached hydrogen (secondary N) is 1. The molecule has 188 valence electrons. The Kier molecular flexibility index (Phi) is 7.85. The summed E-state index contributed by atoms with van der Waals surface area (Å²) < 4.78 is 9.34. The van der Waals surface area contributed by atoms with Crippen LogP contribution >= 0.6 is 0 Å². The summed E-state index contributed by atoms with van der Waals surface area (Å²) in [5, 5.41) is 0. The largest absolute Gasteiger partial charge is 0.370 e. The first-order valence-corrected chi connectivity index (χ1v) is 12.6. The Morgan fingerprint density at radius 1 is 1.20 bits per heavy atom. The van der Waals surface area contributed by atoms with Gasteiger partial charge in [0, 0.05) is 32.5 Å². The predicted molar refractivity (Wildman–Crippen MR) is 134 cm³/mol. The number of H-pyrrole nitrogens is 1. The minimum atomic E-state index is -0.437. The maximum absolute atomic E-state index is 13.1. The van der Waals surface area contributed by atoms with Gasteiger partial charge in [0.05, 0.1) is 13.2 Å². The lowest BCUT2D eigenvalue weighted by Crippen LogP contribution is -2.42. The topological polar surface area (TPSA) is 102 Å². The van der Waals surface area contributed by atoms with Crippen molar-refractivity contribution in [1.29, 1.82) is 0 Å². The molecule has 3 aromatic rings. The van der Waals surface area contributed by atoms with Gasteiger partial charge < -0.3 is 14.2 Å². The fourth-order valence-electron chi connectivity index (χ4n) is 4.62. The van der Waals surface area contributed by atoms with Crippen molar-refractivity contribution in [1.82, 2.24) is 24.0 Å². The molecule has 1 saturated heterocycles. The first-order valence-electron chi connectivity index (χ1n) is 12.6. The maximum atomic E-state index is 13.1. The highest BCUT2D eigenvalue weighted by Gasteiger charge is 2.26.